The van der Waals surface area contributed by atoms with Gasteiger partial charge in [0.25, 0.3) is 0 Å². The van der Waals surface area contributed by atoms with Crippen LogP contribution in [0.4, 0.5) is 24.7 Å². The third kappa shape index (κ3) is 3.43. The smallest absolute Gasteiger partial charge is 0.340 e. The second kappa shape index (κ2) is 5.61. The van der Waals surface area contributed by atoms with Gasteiger partial charge in [0, 0.05) is 9.50 Å². The lowest BCUT2D eigenvalue weighted by Crippen LogP contribution is -2.09. The molecule has 0 aliphatic carbocycles. The third-order valence-corrected chi connectivity index (χ3v) is 3.64. The van der Waals surface area contributed by atoms with Gasteiger partial charge in [0.1, 0.15) is 5.82 Å². The van der Waals surface area contributed by atoms with Gasteiger partial charge in [-0.15, -0.1) is 0 Å². The highest BCUT2D eigenvalue weighted by Gasteiger charge is 2.33. The first kappa shape index (κ1) is 15.1. The van der Waals surface area contributed by atoms with Crippen LogP contribution in [0.15, 0.2) is 34.8 Å². The second-order valence-electron chi connectivity index (χ2n) is 4.08. The molecule has 1 N–H and O–H groups in total. The van der Waals surface area contributed by atoms with Crippen LogP contribution in [0.3, 0.4) is 0 Å². The Bertz CT molecular complexity index is 644. The predicted octanol–water partition coefficient (Wildman–Crippen LogP) is 5.57. The summed E-state index contributed by atoms with van der Waals surface area (Å²) in [5.74, 6) is 0.332. The van der Waals surface area contributed by atoms with Crippen molar-refractivity contribution in [2.45, 2.75) is 13.1 Å². The van der Waals surface area contributed by atoms with Crippen molar-refractivity contribution in [1.29, 1.82) is 0 Å². The highest BCUT2D eigenvalue weighted by Crippen LogP contribution is 2.37. The summed E-state index contributed by atoms with van der Waals surface area (Å²) in [6.45, 7) is 1.75. The molecule has 0 saturated heterocycles. The molecule has 2 rings (SSSR count). The molecule has 0 atom stereocenters. The van der Waals surface area contributed by atoms with Crippen LogP contribution in [-0.2, 0) is 6.18 Å². The number of aryl methyl sites for hydroxylation is 1. The summed E-state index contributed by atoms with van der Waals surface area (Å²) in [6.07, 6.45) is -4.49. The van der Waals surface area contributed by atoms with Crippen LogP contribution in [0.1, 0.15) is 11.3 Å². The first-order chi connectivity index (χ1) is 9.27. The van der Waals surface area contributed by atoms with Gasteiger partial charge in [0.2, 0.25) is 0 Å². The summed E-state index contributed by atoms with van der Waals surface area (Å²) >= 11 is 8.91. The molecule has 0 aliphatic rings. The standard InChI is InChI=1S/C13H9BrClF3N2/c1-7-10(14)3-5-12(19-7)20-11-4-2-8(15)6-9(11)13(16,17)18/h2-6H,1H3,(H,19,20). The van der Waals surface area contributed by atoms with Crippen molar-refractivity contribution in [2.75, 3.05) is 5.32 Å². The topological polar surface area (TPSA) is 24.9 Å². The number of anilines is 2. The Morgan fingerprint density at radius 3 is 2.50 bits per heavy atom. The van der Waals surface area contributed by atoms with E-state index in [1.165, 1.54) is 12.1 Å². The number of hydrogen-bond acceptors (Lipinski definition) is 2. The molecule has 0 fully saturated rings. The number of hydrogen-bond donors (Lipinski definition) is 1. The minimum absolute atomic E-state index is 0.0304. The molecule has 0 radical (unpaired) electrons. The molecule has 1 aromatic carbocycles. The molecule has 0 spiro atoms. The van der Waals surface area contributed by atoms with Crippen LogP contribution in [0.25, 0.3) is 0 Å². The normalized spacial score (nSPS) is 11.5. The third-order valence-electron chi connectivity index (χ3n) is 2.57. The quantitative estimate of drug-likeness (QED) is 0.753. The number of halogens is 5. The molecule has 0 saturated carbocycles. The van der Waals surface area contributed by atoms with E-state index >= 15 is 0 Å². The fourth-order valence-corrected chi connectivity index (χ4v) is 2.00. The van der Waals surface area contributed by atoms with Crippen molar-refractivity contribution >= 4 is 39.0 Å². The Hall–Kier alpha value is -1.27. The van der Waals surface area contributed by atoms with Gasteiger partial charge in [-0.1, -0.05) is 11.6 Å². The summed E-state index contributed by atoms with van der Waals surface area (Å²) in [6, 6.07) is 6.87. The van der Waals surface area contributed by atoms with Crippen LogP contribution < -0.4 is 5.32 Å². The van der Waals surface area contributed by atoms with Crippen molar-refractivity contribution in [3.8, 4) is 0 Å². The Morgan fingerprint density at radius 1 is 1.20 bits per heavy atom. The number of aromatic nitrogens is 1. The van der Waals surface area contributed by atoms with Crippen LogP contribution in [0.2, 0.25) is 5.02 Å². The number of nitrogens with one attached hydrogen (secondary N) is 1. The molecule has 0 amide bonds. The molecule has 106 valence electrons. The summed E-state index contributed by atoms with van der Waals surface area (Å²) in [5.41, 5.74) is -0.235. The van der Waals surface area contributed by atoms with Gasteiger partial charge in [-0.3, -0.25) is 0 Å². The van der Waals surface area contributed by atoms with Gasteiger partial charge in [0.05, 0.1) is 16.9 Å². The molecule has 2 nitrogen and oxygen atoms in total. The van der Waals surface area contributed by atoms with Crippen molar-refractivity contribution in [1.82, 2.24) is 4.98 Å². The highest BCUT2D eigenvalue weighted by atomic mass is 79.9. The largest absolute Gasteiger partial charge is 0.418 e. The van der Waals surface area contributed by atoms with E-state index in [-0.39, 0.29) is 10.7 Å². The lowest BCUT2D eigenvalue weighted by molar-refractivity contribution is -0.136. The Morgan fingerprint density at radius 2 is 1.90 bits per heavy atom. The van der Waals surface area contributed by atoms with E-state index in [2.05, 4.69) is 26.2 Å². The molecule has 7 heteroatoms. The average Bonchev–Trinajstić information content (AvgIpc) is 2.35. The molecular weight excluding hydrogens is 357 g/mol. The maximum Gasteiger partial charge on any atom is 0.418 e. The molecule has 0 unspecified atom stereocenters. The molecule has 2 aromatic rings. The van der Waals surface area contributed by atoms with Gasteiger partial charge in [0.15, 0.2) is 0 Å². The number of benzene rings is 1. The Balaban J connectivity index is 2.40. The summed E-state index contributed by atoms with van der Waals surface area (Å²) in [5, 5.41) is 2.69. The van der Waals surface area contributed by atoms with Gasteiger partial charge < -0.3 is 5.32 Å². The predicted molar refractivity (Wildman–Crippen MR) is 76.4 cm³/mol. The van der Waals surface area contributed by atoms with Crippen LogP contribution in [-0.4, -0.2) is 4.98 Å². The van der Waals surface area contributed by atoms with Crippen molar-refractivity contribution < 1.29 is 13.2 Å². The lowest BCUT2D eigenvalue weighted by atomic mass is 10.1. The van der Waals surface area contributed by atoms with E-state index in [0.29, 0.717) is 11.5 Å². The minimum atomic E-state index is -4.49. The van der Waals surface area contributed by atoms with Crippen LogP contribution in [0.5, 0.6) is 0 Å². The van der Waals surface area contributed by atoms with Crippen molar-refractivity contribution in [3.05, 3.63) is 51.1 Å². The summed E-state index contributed by atoms with van der Waals surface area (Å²) in [4.78, 5) is 4.16. The summed E-state index contributed by atoms with van der Waals surface area (Å²) in [7, 11) is 0. The minimum Gasteiger partial charge on any atom is -0.340 e. The zero-order valence-corrected chi connectivity index (χ0v) is 12.6. The average molecular weight is 366 g/mol. The van der Waals surface area contributed by atoms with Crippen LogP contribution >= 0.6 is 27.5 Å². The lowest BCUT2D eigenvalue weighted by Gasteiger charge is -2.15. The van der Waals surface area contributed by atoms with E-state index in [1.54, 1.807) is 19.1 Å². The number of alkyl halides is 3. The summed E-state index contributed by atoms with van der Waals surface area (Å²) < 4.78 is 39.6. The molecule has 20 heavy (non-hydrogen) atoms. The first-order valence-corrected chi connectivity index (χ1v) is 6.71. The van der Waals surface area contributed by atoms with E-state index in [4.69, 9.17) is 11.6 Å². The second-order valence-corrected chi connectivity index (χ2v) is 5.37. The molecule has 1 aromatic heterocycles. The number of rotatable bonds is 2. The van der Waals surface area contributed by atoms with Gasteiger partial charge >= 0.3 is 6.18 Å². The first-order valence-electron chi connectivity index (χ1n) is 5.54. The highest BCUT2D eigenvalue weighted by molar-refractivity contribution is 9.10. The number of pyridine rings is 1. The van der Waals surface area contributed by atoms with Gasteiger partial charge in [-0.2, -0.15) is 13.2 Å². The fraction of sp³-hybridized carbons (Fsp3) is 0.154. The Kier molecular flexibility index (Phi) is 4.25. The van der Waals surface area contributed by atoms with E-state index < -0.39 is 11.7 Å². The molecule has 1 heterocycles. The molecule has 0 bridgehead atoms. The monoisotopic (exact) mass is 364 g/mol. The zero-order chi connectivity index (χ0) is 14.9. The maximum absolute atomic E-state index is 12.9. The van der Waals surface area contributed by atoms with E-state index in [1.807, 2.05) is 0 Å². The van der Waals surface area contributed by atoms with Crippen molar-refractivity contribution in [2.24, 2.45) is 0 Å². The maximum atomic E-state index is 12.9. The zero-order valence-electron chi connectivity index (χ0n) is 10.2. The van der Waals surface area contributed by atoms with Gasteiger partial charge in [-0.05, 0) is 53.2 Å². The molecular formula is C13H9BrClF3N2. The Labute approximate surface area is 127 Å². The fourth-order valence-electron chi connectivity index (χ4n) is 1.61. The van der Waals surface area contributed by atoms with Crippen molar-refractivity contribution in [3.63, 3.8) is 0 Å². The van der Waals surface area contributed by atoms with Gasteiger partial charge in [-0.25, -0.2) is 4.98 Å². The molecule has 0 aliphatic heterocycles. The van der Waals surface area contributed by atoms with Crippen LogP contribution in [0, 0.1) is 6.92 Å². The number of nitrogens with zero attached hydrogens (tertiary/aromatic N) is 1. The van der Waals surface area contributed by atoms with E-state index in [0.717, 1.165) is 10.5 Å². The SMILES string of the molecule is Cc1nc(Nc2ccc(Cl)cc2C(F)(F)F)ccc1Br. The van der Waals surface area contributed by atoms with E-state index in [9.17, 15) is 13.2 Å².